The van der Waals surface area contributed by atoms with E-state index in [4.69, 9.17) is 0 Å². The lowest BCUT2D eigenvalue weighted by Gasteiger charge is -2.13. The van der Waals surface area contributed by atoms with Crippen molar-refractivity contribution in [3.8, 4) is 0 Å². The van der Waals surface area contributed by atoms with E-state index in [9.17, 15) is 0 Å². The largest absolute Gasteiger partial charge is 0.314 e. The Hall–Kier alpha value is -0.820. The summed E-state index contributed by atoms with van der Waals surface area (Å²) in [5.74, 6) is 0.786. The van der Waals surface area contributed by atoms with Crippen LogP contribution in [0.3, 0.4) is 0 Å². The van der Waals surface area contributed by atoms with E-state index in [-0.39, 0.29) is 0 Å². The van der Waals surface area contributed by atoms with Gasteiger partial charge in [0.15, 0.2) is 0 Å². The standard InChI is InChI=1S/C15H23N/c1-3-9-16-15-8-7-14(11-15)13-6-4-5-12(2)10-13/h4-6,10,14-16H,3,7-9,11H2,1-2H3. The van der Waals surface area contributed by atoms with Crippen LogP contribution in [0.5, 0.6) is 0 Å². The highest BCUT2D eigenvalue weighted by atomic mass is 14.9. The van der Waals surface area contributed by atoms with E-state index in [0.29, 0.717) is 0 Å². The SMILES string of the molecule is CCCNC1CCC(c2cccc(C)c2)C1. The van der Waals surface area contributed by atoms with Crippen molar-refractivity contribution in [3.05, 3.63) is 35.4 Å². The molecule has 1 fully saturated rings. The molecule has 0 bridgehead atoms. The molecule has 1 saturated carbocycles. The first-order chi connectivity index (χ1) is 7.79. The van der Waals surface area contributed by atoms with Gasteiger partial charge in [-0.3, -0.25) is 0 Å². The molecule has 88 valence electrons. The van der Waals surface area contributed by atoms with Gasteiger partial charge in [-0.15, -0.1) is 0 Å². The molecule has 1 nitrogen and oxygen atoms in total. The monoisotopic (exact) mass is 217 g/mol. The lowest BCUT2D eigenvalue weighted by molar-refractivity contribution is 0.517. The van der Waals surface area contributed by atoms with E-state index in [2.05, 4.69) is 43.4 Å². The molecule has 0 aliphatic heterocycles. The molecule has 1 aromatic carbocycles. The molecule has 2 rings (SSSR count). The van der Waals surface area contributed by atoms with Gasteiger partial charge >= 0.3 is 0 Å². The number of aryl methyl sites for hydroxylation is 1. The summed E-state index contributed by atoms with van der Waals surface area (Å²) >= 11 is 0. The molecule has 1 heteroatoms. The van der Waals surface area contributed by atoms with Gasteiger partial charge in [-0.05, 0) is 50.6 Å². The van der Waals surface area contributed by atoms with E-state index in [1.54, 1.807) is 5.56 Å². The fourth-order valence-corrected chi connectivity index (χ4v) is 2.74. The first kappa shape index (κ1) is 11.7. The van der Waals surface area contributed by atoms with E-state index >= 15 is 0 Å². The minimum absolute atomic E-state index is 0.755. The summed E-state index contributed by atoms with van der Waals surface area (Å²) in [7, 11) is 0. The van der Waals surface area contributed by atoms with Gasteiger partial charge in [-0.25, -0.2) is 0 Å². The van der Waals surface area contributed by atoms with Gasteiger partial charge in [0.1, 0.15) is 0 Å². The summed E-state index contributed by atoms with van der Waals surface area (Å²) in [6, 6.07) is 9.78. The number of hydrogen-bond acceptors (Lipinski definition) is 1. The maximum Gasteiger partial charge on any atom is 0.00730 e. The van der Waals surface area contributed by atoms with Crippen molar-refractivity contribution < 1.29 is 0 Å². The average Bonchev–Trinajstić information content (AvgIpc) is 2.75. The molecule has 2 atom stereocenters. The Kier molecular flexibility index (Phi) is 4.00. The molecule has 1 N–H and O–H groups in total. The molecule has 1 aliphatic rings. The second-order valence-electron chi connectivity index (χ2n) is 5.08. The van der Waals surface area contributed by atoms with E-state index in [1.807, 2.05) is 0 Å². The van der Waals surface area contributed by atoms with Gasteiger partial charge in [0, 0.05) is 6.04 Å². The predicted octanol–water partition coefficient (Wildman–Crippen LogP) is 3.63. The third kappa shape index (κ3) is 2.85. The zero-order chi connectivity index (χ0) is 11.4. The van der Waals surface area contributed by atoms with Crippen LogP contribution in [0.15, 0.2) is 24.3 Å². The Bertz CT molecular complexity index is 332. The first-order valence-electron chi connectivity index (χ1n) is 6.59. The van der Waals surface area contributed by atoms with Crippen molar-refractivity contribution in [1.29, 1.82) is 0 Å². The fourth-order valence-electron chi connectivity index (χ4n) is 2.74. The van der Waals surface area contributed by atoms with Gasteiger partial charge in [0.2, 0.25) is 0 Å². The molecule has 1 aromatic rings. The van der Waals surface area contributed by atoms with Crippen LogP contribution in [0.2, 0.25) is 0 Å². The summed E-state index contributed by atoms with van der Waals surface area (Å²) in [6.45, 7) is 5.59. The van der Waals surface area contributed by atoms with Crippen molar-refractivity contribution in [2.24, 2.45) is 0 Å². The highest BCUT2D eigenvalue weighted by Crippen LogP contribution is 2.34. The molecule has 2 unspecified atom stereocenters. The van der Waals surface area contributed by atoms with Crippen molar-refractivity contribution in [2.45, 2.75) is 51.5 Å². The van der Waals surface area contributed by atoms with Crippen LogP contribution < -0.4 is 5.32 Å². The predicted molar refractivity (Wildman–Crippen MR) is 69.9 cm³/mol. The topological polar surface area (TPSA) is 12.0 Å². The summed E-state index contributed by atoms with van der Waals surface area (Å²) in [6.07, 6.45) is 5.26. The van der Waals surface area contributed by atoms with Crippen molar-refractivity contribution in [2.75, 3.05) is 6.54 Å². The number of nitrogens with one attached hydrogen (secondary N) is 1. The molecular weight excluding hydrogens is 194 g/mol. The van der Waals surface area contributed by atoms with E-state index < -0.39 is 0 Å². The van der Waals surface area contributed by atoms with E-state index in [0.717, 1.165) is 12.0 Å². The van der Waals surface area contributed by atoms with Gasteiger partial charge in [-0.2, -0.15) is 0 Å². The quantitative estimate of drug-likeness (QED) is 0.812. The summed E-state index contributed by atoms with van der Waals surface area (Å²) in [5, 5.41) is 3.65. The van der Waals surface area contributed by atoms with Gasteiger partial charge in [0.25, 0.3) is 0 Å². The molecule has 0 heterocycles. The van der Waals surface area contributed by atoms with Crippen LogP contribution in [0.1, 0.15) is 49.7 Å². The highest BCUT2D eigenvalue weighted by Gasteiger charge is 2.24. The number of rotatable bonds is 4. The third-order valence-corrected chi connectivity index (χ3v) is 3.63. The van der Waals surface area contributed by atoms with Gasteiger partial charge in [-0.1, -0.05) is 36.8 Å². The first-order valence-corrected chi connectivity index (χ1v) is 6.59. The van der Waals surface area contributed by atoms with Crippen LogP contribution in [-0.2, 0) is 0 Å². The molecule has 1 aliphatic carbocycles. The minimum Gasteiger partial charge on any atom is -0.314 e. The Labute approximate surface area is 99.3 Å². The highest BCUT2D eigenvalue weighted by molar-refractivity contribution is 5.26. The lowest BCUT2D eigenvalue weighted by atomic mass is 9.96. The molecule has 0 aromatic heterocycles. The van der Waals surface area contributed by atoms with Crippen LogP contribution in [0, 0.1) is 6.92 Å². The Balaban J connectivity index is 1.93. The van der Waals surface area contributed by atoms with Crippen molar-refractivity contribution in [3.63, 3.8) is 0 Å². The lowest BCUT2D eigenvalue weighted by Crippen LogP contribution is -2.26. The zero-order valence-corrected chi connectivity index (χ0v) is 10.5. The van der Waals surface area contributed by atoms with E-state index in [1.165, 1.54) is 37.8 Å². The smallest absolute Gasteiger partial charge is 0.00730 e. The molecule has 0 amide bonds. The fraction of sp³-hybridized carbons (Fsp3) is 0.600. The number of hydrogen-bond donors (Lipinski definition) is 1. The molecule has 0 saturated heterocycles. The summed E-state index contributed by atoms with van der Waals surface area (Å²) in [5.41, 5.74) is 2.93. The zero-order valence-electron chi connectivity index (χ0n) is 10.5. The average molecular weight is 217 g/mol. The van der Waals surface area contributed by atoms with Crippen LogP contribution in [-0.4, -0.2) is 12.6 Å². The molecular formula is C15H23N. The van der Waals surface area contributed by atoms with Crippen LogP contribution in [0.25, 0.3) is 0 Å². The van der Waals surface area contributed by atoms with Crippen LogP contribution >= 0.6 is 0 Å². The minimum atomic E-state index is 0.755. The Morgan fingerprint density at radius 3 is 2.94 bits per heavy atom. The summed E-state index contributed by atoms with van der Waals surface area (Å²) in [4.78, 5) is 0. The Morgan fingerprint density at radius 2 is 2.19 bits per heavy atom. The maximum absolute atomic E-state index is 3.65. The van der Waals surface area contributed by atoms with Crippen molar-refractivity contribution in [1.82, 2.24) is 5.32 Å². The van der Waals surface area contributed by atoms with Gasteiger partial charge < -0.3 is 5.32 Å². The number of benzene rings is 1. The molecule has 0 spiro atoms. The Morgan fingerprint density at radius 1 is 1.31 bits per heavy atom. The summed E-state index contributed by atoms with van der Waals surface area (Å²) < 4.78 is 0. The van der Waals surface area contributed by atoms with Gasteiger partial charge in [0.05, 0.1) is 0 Å². The third-order valence-electron chi connectivity index (χ3n) is 3.63. The second-order valence-corrected chi connectivity index (χ2v) is 5.08. The normalized spacial score (nSPS) is 24.9. The second kappa shape index (κ2) is 5.49. The molecule has 16 heavy (non-hydrogen) atoms. The maximum atomic E-state index is 3.65. The van der Waals surface area contributed by atoms with Crippen molar-refractivity contribution >= 4 is 0 Å². The molecule has 0 radical (unpaired) electrons. The van der Waals surface area contributed by atoms with Crippen LogP contribution in [0.4, 0.5) is 0 Å².